The molecule has 2 N–H and O–H groups in total. The minimum atomic E-state index is -2.90. The molecule has 1 rings (SSSR count). The van der Waals surface area contributed by atoms with Gasteiger partial charge in [-0.25, -0.2) is 0 Å². The van der Waals surface area contributed by atoms with Crippen molar-refractivity contribution in [1.29, 1.82) is 0 Å². The zero-order valence-electron chi connectivity index (χ0n) is 4.96. The van der Waals surface area contributed by atoms with Crippen molar-refractivity contribution in [3.63, 3.8) is 0 Å². The van der Waals surface area contributed by atoms with Crippen molar-refractivity contribution in [1.82, 2.24) is 4.31 Å². The lowest BCUT2D eigenvalue weighted by atomic mass is 10.4. The number of hydrogen-bond acceptors (Lipinski definition) is 3. The fourth-order valence-electron chi connectivity index (χ4n) is 0.920. The zero-order chi connectivity index (χ0) is 6.91. The Bertz CT molecular complexity index is 99.2. The summed E-state index contributed by atoms with van der Waals surface area (Å²) >= 11 is 0. The van der Waals surface area contributed by atoms with Gasteiger partial charge in [-0.3, -0.25) is 9.11 Å². The Labute approximate surface area is 60.6 Å². The van der Waals surface area contributed by atoms with Crippen molar-refractivity contribution in [2.75, 3.05) is 13.1 Å². The van der Waals surface area contributed by atoms with Crippen LogP contribution in [0.25, 0.3) is 0 Å². The largest absolute Gasteiger partial charge is 0.272 e. The number of rotatable bonds is 1. The average Bonchev–Trinajstić information content (AvgIpc) is 2.08. The van der Waals surface area contributed by atoms with E-state index in [2.05, 4.69) is 0 Å². The molecule has 0 spiro atoms. The minimum Gasteiger partial charge on any atom is -0.272 e. The van der Waals surface area contributed by atoms with Crippen LogP contribution in [0.1, 0.15) is 12.8 Å². The highest BCUT2D eigenvalue weighted by atomic mass is 35.7. The van der Waals surface area contributed by atoms with Crippen LogP contribution >= 0.6 is 20.7 Å². The third kappa shape index (κ3) is 1.98. The van der Waals surface area contributed by atoms with Gasteiger partial charge in [0, 0.05) is 23.8 Å². The quantitative estimate of drug-likeness (QED) is 0.634. The van der Waals surface area contributed by atoms with Gasteiger partial charge in [0.1, 0.15) is 0 Å². The average molecular weight is 172 g/mol. The molecule has 1 heterocycles. The third-order valence-corrected chi connectivity index (χ3v) is 3.00. The van der Waals surface area contributed by atoms with E-state index >= 15 is 0 Å². The van der Waals surface area contributed by atoms with Gasteiger partial charge in [0.2, 0.25) is 0 Å². The van der Waals surface area contributed by atoms with Crippen LogP contribution in [0.4, 0.5) is 0 Å². The lowest BCUT2D eigenvalue weighted by molar-refractivity contribution is 0.406. The minimum absolute atomic E-state index is 0.714. The number of hydrogen-bond donors (Lipinski definition) is 2. The van der Waals surface area contributed by atoms with E-state index in [1.807, 2.05) is 0 Å². The van der Waals surface area contributed by atoms with Gasteiger partial charge in [0.15, 0.2) is 0 Å². The normalized spacial score (nSPS) is 24.8. The summed E-state index contributed by atoms with van der Waals surface area (Å²) in [5, 5.41) is 0. The lowest BCUT2D eigenvalue weighted by Gasteiger charge is -2.32. The molecule has 1 aliphatic heterocycles. The third-order valence-electron chi connectivity index (χ3n) is 1.39. The molecule has 0 bridgehead atoms. The van der Waals surface area contributed by atoms with Gasteiger partial charge < -0.3 is 0 Å². The van der Waals surface area contributed by atoms with E-state index in [0.717, 1.165) is 12.8 Å². The molecule has 0 radical (unpaired) electrons. The Balaban J connectivity index is 2.42. The molecule has 0 aromatic carbocycles. The molecule has 0 unspecified atom stereocenters. The van der Waals surface area contributed by atoms with Crippen LogP contribution in [-0.4, -0.2) is 26.5 Å². The molecule has 0 amide bonds. The van der Waals surface area contributed by atoms with Crippen molar-refractivity contribution < 1.29 is 9.11 Å². The Morgan fingerprint density at radius 1 is 1.22 bits per heavy atom. The van der Waals surface area contributed by atoms with Gasteiger partial charge in [0.25, 0.3) is 0 Å². The maximum absolute atomic E-state index is 8.85. The van der Waals surface area contributed by atoms with Gasteiger partial charge >= 0.3 is 0 Å². The van der Waals surface area contributed by atoms with Crippen LogP contribution in [0.3, 0.4) is 0 Å². The molecular formula is C4H10ClNO2S. The Morgan fingerprint density at radius 3 is 1.89 bits per heavy atom. The van der Waals surface area contributed by atoms with Gasteiger partial charge in [0.05, 0.1) is 0 Å². The highest BCUT2D eigenvalue weighted by Gasteiger charge is 2.23. The molecule has 5 heteroatoms. The Morgan fingerprint density at radius 2 is 1.67 bits per heavy atom. The van der Waals surface area contributed by atoms with E-state index in [1.54, 1.807) is 0 Å². The van der Waals surface area contributed by atoms with Crippen LogP contribution in [-0.2, 0) is 0 Å². The lowest BCUT2D eigenvalue weighted by Crippen LogP contribution is -2.19. The van der Waals surface area contributed by atoms with Gasteiger partial charge in [-0.2, -0.15) is 4.31 Å². The smallest absolute Gasteiger partial charge is 0.0426 e. The summed E-state index contributed by atoms with van der Waals surface area (Å²) in [5.74, 6) is 0. The summed E-state index contributed by atoms with van der Waals surface area (Å²) in [4.78, 5) is 0. The van der Waals surface area contributed by atoms with Crippen LogP contribution in [0, 0.1) is 0 Å². The monoisotopic (exact) mass is 171 g/mol. The van der Waals surface area contributed by atoms with E-state index in [1.165, 1.54) is 4.31 Å². The van der Waals surface area contributed by atoms with Crippen molar-refractivity contribution in [3.05, 3.63) is 0 Å². The van der Waals surface area contributed by atoms with Gasteiger partial charge in [-0.1, -0.05) is 9.99 Å². The van der Waals surface area contributed by atoms with E-state index in [-0.39, 0.29) is 0 Å². The highest BCUT2D eigenvalue weighted by Crippen LogP contribution is 2.49. The molecule has 1 saturated heterocycles. The van der Waals surface area contributed by atoms with E-state index in [9.17, 15) is 0 Å². The van der Waals surface area contributed by atoms with Crippen LogP contribution < -0.4 is 0 Å². The summed E-state index contributed by atoms with van der Waals surface area (Å²) in [5.41, 5.74) is 0. The van der Waals surface area contributed by atoms with E-state index in [4.69, 9.17) is 19.8 Å². The molecule has 0 aliphatic carbocycles. The fraction of sp³-hybridized carbons (Fsp3) is 1.00. The summed E-state index contributed by atoms with van der Waals surface area (Å²) < 4.78 is 19.2. The van der Waals surface area contributed by atoms with Crippen LogP contribution in [0.15, 0.2) is 0 Å². The molecule has 56 valence electrons. The maximum Gasteiger partial charge on any atom is 0.0426 e. The molecular weight excluding hydrogens is 162 g/mol. The summed E-state index contributed by atoms with van der Waals surface area (Å²) in [6, 6.07) is 0. The second-order valence-corrected chi connectivity index (χ2v) is 4.75. The first-order valence-electron chi connectivity index (χ1n) is 2.83. The van der Waals surface area contributed by atoms with Gasteiger partial charge in [-0.15, -0.1) is 0 Å². The molecule has 0 aromatic heterocycles. The van der Waals surface area contributed by atoms with Crippen molar-refractivity contribution >= 4 is 20.7 Å². The van der Waals surface area contributed by atoms with Crippen LogP contribution in [0.2, 0.25) is 0 Å². The number of nitrogens with zero attached hydrogens (tertiary/aromatic N) is 1. The Kier molecular flexibility index (Phi) is 2.23. The second kappa shape index (κ2) is 2.64. The van der Waals surface area contributed by atoms with Crippen LogP contribution in [0.5, 0.6) is 0 Å². The fourth-order valence-corrected chi connectivity index (χ4v) is 2.06. The van der Waals surface area contributed by atoms with E-state index in [0.29, 0.717) is 13.1 Å². The van der Waals surface area contributed by atoms with Crippen molar-refractivity contribution in [2.24, 2.45) is 0 Å². The van der Waals surface area contributed by atoms with Gasteiger partial charge in [-0.05, 0) is 12.8 Å². The molecule has 0 aromatic rings. The molecule has 0 saturated carbocycles. The highest BCUT2D eigenvalue weighted by molar-refractivity contribution is 8.41. The molecule has 1 aliphatic rings. The predicted octanol–water partition coefficient (Wildman–Crippen LogP) is 1.90. The molecule has 9 heavy (non-hydrogen) atoms. The topological polar surface area (TPSA) is 43.7 Å². The summed E-state index contributed by atoms with van der Waals surface area (Å²) in [6.45, 7) is 1.43. The standard InChI is InChI=1S/C4H10ClNO2S/c5-9(7,8)6-3-1-2-4-6/h7-8H,1-4H2. The summed E-state index contributed by atoms with van der Waals surface area (Å²) in [6.07, 6.45) is 2.03. The maximum atomic E-state index is 8.85. The zero-order valence-corrected chi connectivity index (χ0v) is 6.53. The molecule has 1 fully saturated rings. The second-order valence-electron chi connectivity index (χ2n) is 2.09. The first kappa shape index (κ1) is 7.63. The summed E-state index contributed by atoms with van der Waals surface area (Å²) in [7, 11) is 2.36. The number of halogens is 1. The molecule has 0 atom stereocenters. The predicted molar refractivity (Wildman–Crippen MR) is 39.5 cm³/mol. The first-order chi connectivity index (χ1) is 4.11. The van der Waals surface area contributed by atoms with E-state index < -0.39 is 9.99 Å². The first-order valence-corrected chi connectivity index (χ1v) is 5.16. The van der Waals surface area contributed by atoms with Crippen molar-refractivity contribution in [2.45, 2.75) is 12.8 Å². The Hall–Kier alpha value is 0.520. The van der Waals surface area contributed by atoms with Crippen molar-refractivity contribution in [3.8, 4) is 0 Å². The molecule has 3 nitrogen and oxygen atoms in total. The SMILES string of the molecule is OS(O)(Cl)N1CCCC1.